The number of halogens is 1. The summed E-state index contributed by atoms with van der Waals surface area (Å²) in [6.07, 6.45) is 1.47. The number of hydrogen-bond donors (Lipinski definition) is 0. The molecule has 15 heavy (non-hydrogen) atoms. The lowest BCUT2D eigenvalue weighted by Crippen LogP contribution is -2.11. The van der Waals surface area contributed by atoms with Crippen molar-refractivity contribution in [3.63, 3.8) is 0 Å². The SMILES string of the molecule is C=C=COc1ccc(C(C)(C)C)cc1I. The fourth-order valence-corrected chi connectivity index (χ4v) is 1.81. The van der Waals surface area contributed by atoms with Crippen molar-refractivity contribution in [1.82, 2.24) is 0 Å². The summed E-state index contributed by atoms with van der Waals surface area (Å²) < 4.78 is 6.45. The third kappa shape index (κ3) is 3.40. The van der Waals surface area contributed by atoms with E-state index in [2.05, 4.69) is 67.8 Å². The predicted molar refractivity (Wildman–Crippen MR) is 72.2 cm³/mol. The van der Waals surface area contributed by atoms with Gasteiger partial charge in [0.05, 0.1) is 3.57 Å². The van der Waals surface area contributed by atoms with Crippen molar-refractivity contribution < 1.29 is 4.74 Å². The quantitative estimate of drug-likeness (QED) is 0.450. The van der Waals surface area contributed by atoms with Crippen LogP contribution < -0.4 is 4.74 Å². The highest BCUT2D eigenvalue weighted by atomic mass is 127. The van der Waals surface area contributed by atoms with Crippen LogP contribution in [0.1, 0.15) is 26.3 Å². The van der Waals surface area contributed by atoms with Gasteiger partial charge in [0, 0.05) is 0 Å². The lowest BCUT2D eigenvalue weighted by molar-refractivity contribution is 0.477. The van der Waals surface area contributed by atoms with E-state index < -0.39 is 0 Å². The predicted octanol–water partition coefficient (Wildman–Crippen LogP) is 4.27. The van der Waals surface area contributed by atoms with E-state index in [1.807, 2.05) is 6.07 Å². The molecule has 0 saturated carbocycles. The van der Waals surface area contributed by atoms with E-state index in [0.29, 0.717) is 0 Å². The van der Waals surface area contributed by atoms with Crippen molar-refractivity contribution in [1.29, 1.82) is 0 Å². The Balaban J connectivity index is 3.03. The van der Waals surface area contributed by atoms with Crippen LogP contribution in [0.15, 0.2) is 36.8 Å². The van der Waals surface area contributed by atoms with E-state index in [4.69, 9.17) is 4.74 Å². The van der Waals surface area contributed by atoms with Gasteiger partial charge in [0.15, 0.2) is 0 Å². The van der Waals surface area contributed by atoms with Crippen molar-refractivity contribution >= 4 is 22.6 Å². The van der Waals surface area contributed by atoms with Gasteiger partial charge in [-0.15, -0.1) is 0 Å². The Kier molecular flexibility index (Phi) is 4.00. The zero-order valence-electron chi connectivity index (χ0n) is 9.30. The average Bonchev–Trinajstić information content (AvgIpc) is 2.14. The van der Waals surface area contributed by atoms with Gasteiger partial charge in [0.25, 0.3) is 0 Å². The topological polar surface area (TPSA) is 9.23 Å². The first-order chi connectivity index (χ1) is 6.95. The van der Waals surface area contributed by atoms with Gasteiger partial charge in [0.1, 0.15) is 12.0 Å². The van der Waals surface area contributed by atoms with Crippen molar-refractivity contribution in [2.75, 3.05) is 0 Å². The third-order valence-electron chi connectivity index (χ3n) is 2.07. The molecule has 0 saturated heterocycles. The zero-order valence-corrected chi connectivity index (χ0v) is 11.5. The molecule has 1 rings (SSSR count). The van der Waals surface area contributed by atoms with E-state index in [-0.39, 0.29) is 5.41 Å². The van der Waals surface area contributed by atoms with Crippen LogP contribution >= 0.6 is 22.6 Å². The van der Waals surface area contributed by atoms with Crippen LogP contribution in [0.25, 0.3) is 0 Å². The van der Waals surface area contributed by atoms with Crippen LogP contribution in [-0.2, 0) is 5.41 Å². The summed E-state index contributed by atoms with van der Waals surface area (Å²) in [6, 6.07) is 6.22. The van der Waals surface area contributed by atoms with Gasteiger partial charge in [-0.1, -0.05) is 39.1 Å². The Morgan fingerprint density at radius 1 is 1.40 bits per heavy atom. The molecule has 0 aliphatic rings. The molecule has 0 atom stereocenters. The molecule has 0 amide bonds. The summed E-state index contributed by atoms with van der Waals surface area (Å²) in [5.74, 6) is 0.847. The first-order valence-corrected chi connectivity index (χ1v) is 5.84. The summed E-state index contributed by atoms with van der Waals surface area (Å²) in [5.41, 5.74) is 4.07. The molecule has 1 aromatic rings. The molecule has 0 heterocycles. The fraction of sp³-hybridized carbons (Fsp3) is 0.308. The standard InChI is InChI=1S/C13H15IO/c1-5-8-15-12-7-6-10(9-11(12)14)13(2,3)4/h6-9H,1H2,2-4H3. The van der Waals surface area contributed by atoms with Gasteiger partial charge in [-0.05, 0) is 45.7 Å². The first kappa shape index (κ1) is 12.3. The summed E-state index contributed by atoms with van der Waals surface area (Å²) >= 11 is 2.27. The number of ether oxygens (including phenoxy) is 1. The molecule has 0 bridgehead atoms. The maximum atomic E-state index is 5.35. The van der Waals surface area contributed by atoms with Gasteiger partial charge >= 0.3 is 0 Å². The molecule has 1 nitrogen and oxygen atoms in total. The Bertz CT molecular complexity index is 395. The average molecular weight is 314 g/mol. The van der Waals surface area contributed by atoms with Gasteiger partial charge < -0.3 is 4.74 Å². The van der Waals surface area contributed by atoms with E-state index in [1.165, 1.54) is 11.8 Å². The highest BCUT2D eigenvalue weighted by Gasteiger charge is 2.14. The molecular weight excluding hydrogens is 299 g/mol. The Morgan fingerprint density at radius 2 is 2.07 bits per heavy atom. The smallest absolute Gasteiger partial charge is 0.140 e. The second-order valence-corrected chi connectivity index (χ2v) is 5.50. The zero-order chi connectivity index (χ0) is 11.5. The van der Waals surface area contributed by atoms with Crippen LogP contribution in [0.3, 0.4) is 0 Å². The van der Waals surface area contributed by atoms with Crippen molar-refractivity contribution in [2.45, 2.75) is 26.2 Å². The van der Waals surface area contributed by atoms with Gasteiger partial charge in [-0.25, -0.2) is 0 Å². The number of rotatable bonds is 2. The van der Waals surface area contributed by atoms with Crippen LogP contribution in [0.4, 0.5) is 0 Å². The molecular formula is C13H15IO. The molecule has 0 radical (unpaired) electrons. The van der Waals surface area contributed by atoms with Crippen molar-refractivity contribution in [3.8, 4) is 5.75 Å². The second kappa shape index (κ2) is 4.86. The minimum absolute atomic E-state index is 0.173. The van der Waals surface area contributed by atoms with Crippen molar-refractivity contribution in [3.05, 3.63) is 45.9 Å². The summed E-state index contributed by atoms with van der Waals surface area (Å²) in [7, 11) is 0. The Morgan fingerprint density at radius 3 is 2.53 bits per heavy atom. The van der Waals surface area contributed by atoms with E-state index in [0.717, 1.165) is 9.32 Å². The van der Waals surface area contributed by atoms with E-state index >= 15 is 0 Å². The minimum Gasteiger partial charge on any atom is -0.456 e. The lowest BCUT2D eigenvalue weighted by atomic mass is 9.87. The maximum Gasteiger partial charge on any atom is 0.140 e. The van der Waals surface area contributed by atoms with Crippen LogP contribution in [0.5, 0.6) is 5.75 Å². The molecule has 0 N–H and O–H groups in total. The second-order valence-electron chi connectivity index (χ2n) is 4.34. The minimum atomic E-state index is 0.173. The first-order valence-electron chi connectivity index (χ1n) is 4.76. The molecule has 0 unspecified atom stereocenters. The van der Waals surface area contributed by atoms with Crippen molar-refractivity contribution in [2.24, 2.45) is 0 Å². The molecule has 80 valence electrons. The lowest BCUT2D eigenvalue weighted by Gasteiger charge is -2.19. The largest absolute Gasteiger partial charge is 0.456 e. The molecule has 1 aromatic carbocycles. The Hall–Kier alpha value is -0.730. The summed E-state index contributed by atoms with van der Waals surface area (Å²) in [6.45, 7) is 10.0. The highest BCUT2D eigenvalue weighted by molar-refractivity contribution is 14.1. The monoisotopic (exact) mass is 314 g/mol. The molecule has 0 aliphatic carbocycles. The fourth-order valence-electron chi connectivity index (χ4n) is 1.17. The van der Waals surface area contributed by atoms with Gasteiger partial charge in [-0.2, -0.15) is 0 Å². The van der Waals surface area contributed by atoms with Crippen LogP contribution in [0.2, 0.25) is 0 Å². The van der Waals surface area contributed by atoms with Crippen LogP contribution in [0, 0.1) is 3.57 Å². The summed E-state index contributed by atoms with van der Waals surface area (Å²) in [5, 5.41) is 0. The number of benzene rings is 1. The van der Waals surface area contributed by atoms with Crippen LogP contribution in [-0.4, -0.2) is 0 Å². The molecule has 2 heteroatoms. The Labute approximate surface area is 105 Å². The van der Waals surface area contributed by atoms with E-state index in [1.54, 1.807) is 0 Å². The van der Waals surface area contributed by atoms with Gasteiger partial charge in [0.2, 0.25) is 0 Å². The molecule has 0 spiro atoms. The van der Waals surface area contributed by atoms with Gasteiger partial charge in [-0.3, -0.25) is 0 Å². The normalized spacial score (nSPS) is 10.7. The van der Waals surface area contributed by atoms with E-state index in [9.17, 15) is 0 Å². The highest BCUT2D eigenvalue weighted by Crippen LogP contribution is 2.28. The maximum absolute atomic E-state index is 5.35. The molecule has 0 fully saturated rings. The summed E-state index contributed by atoms with van der Waals surface area (Å²) in [4.78, 5) is 0. The molecule has 0 aliphatic heterocycles. The molecule has 0 aromatic heterocycles. The third-order valence-corrected chi connectivity index (χ3v) is 2.91. The number of hydrogen-bond acceptors (Lipinski definition) is 1.